The molecule has 0 radical (unpaired) electrons. The van der Waals surface area contributed by atoms with Gasteiger partial charge in [-0.1, -0.05) is 13.8 Å². The zero-order valence-corrected chi connectivity index (χ0v) is 9.13. The van der Waals surface area contributed by atoms with Gasteiger partial charge in [0.15, 0.2) is 0 Å². The van der Waals surface area contributed by atoms with Gasteiger partial charge in [-0.05, 0) is 18.8 Å². The molecule has 0 aromatic rings. The number of likely N-dealkylation sites (tertiary alicyclic amines) is 1. The molecule has 0 bridgehead atoms. The van der Waals surface area contributed by atoms with Gasteiger partial charge in [-0.15, -0.1) is 0 Å². The summed E-state index contributed by atoms with van der Waals surface area (Å²) in [5.41, 5.74) is -0.916. The van der Waals surface area contributed by atoms with E-state index in [4.69, 9.17) is 4.74 Å². The normalized spacial score (nSPS) is 29.1. The summed E-state index contributed by atoms with van der Waals surface area (Å²) in [5, 5.41) is 0. The monoisotopic (exact) mass is 201 g/mol. The van der Waals surface area contributed by atoms with Gasteiger partial charge in [0.05, 0.1) is 19.3 Å². The van der Waals surface area contributed by atoms with Crippen molar-refractivity contribution in [2.75, 3.05) is 26.3 Å². The molecule has 2 fully saturated rings. The maximum atomic E-state index is 14.2. The first-order valence-electron chi connectivity index (χ1n) is 5.62. The minimum Gasteiger partial charge on any atom is -0.378 e. The average molecular weight is 201 g/mol. The van der Waals surface area contributed by atoms with Crippen molar-refractivity contribution in [2.45, 2.75) is 38.4 Å². The van der Waals surface area contributed by atoms with Crippen molar-refractivity contribution < 1.29 is 9.13 Å². The van der Waals surface area contributed by atoms with Gasteiger partial charge in [0.25, 0.3) is 0 Å². The van der Waals surface area contributed by atoms with Crippen LogP contribution in [0.4, 0.5) is 4.39 Å². The van der Waals surface area contributed by atoms with Gasteiger partial charge >= 0.3 is 0 Å². The first kappa shape index (κ1) is 10.4. The fourth-order valence-corrected chi connectivity index (χ4v) is 2.27. The minimum absolute atomic E-state index is 0.155. The lowest BCUT2D eigenvalue weighted by atomic mass is 9.83. The van der Waals surface area contributed by atoms with Gasteiger partial charge in [0, 0.05) is 13.1 Å². The lowest BCUT2D eigenvalue weighted by Gasteiger charge is -2.44. The van der Waals surface area contributed by atoms with Crippen molar-refractivity contribution in [1.82, 2.24) is 4.90 Å². The molecule has 0 saturated carbocycles. The quantitative estimate of drug-likeness (QED) is 0.676. The van der Waals surface area contributed by atoms with Crippen molar-refractivity contribution in [3.8, 4) is 0 Å². The number of alkyl halides is 1. The molecule has 0 atom stereocenters. The molecular formula is C11H20FNO. The number of rotatable bonds is 2. The maximum absolute atomic E-state index is 14.2. The molecular weight excluding hydrogens is 181 g/mol. The third kappa shape index (κ3) is 1.80. The van der Waals surface area contributed by atoms with Gasteiger partial charge in [-0.3, -0.25) is 4.90 Å². The van der Waals surface area contributed by atoms with Crippen molar-refractivity contribution in [2.24, 2.45) is 5.92 Å². The predicted molar refractivity (Wildman–Crippen MR) is 54.1 cm³/mol. The Bertz CT molecular complexity index is 195. The van der Waals surface area contributed by atoms with Crippen LogP contribution in [0, 0.1) is 5.92 Å². The zero-order chi connectivity index (χ0) is 10.2. The van der Waals surface area contributed by atoms with E-state index in [2.05, 4.69) is 4.90 Å². The summed E-state index contributed by atoms with van der Waals surface area (Å²) in [6.07, 6.45) is 1.39. The molecule has 0 amide bonds. The van der Waals surface area contributed by atoms with E-state index in [1.807, 2.05) is 13.8 Å². The largest absolute Gasteiger partial charge is 0.378 e. The zero-order valence-electron chi connectivity index (χ0n) is 9.13. The summed E-state index contributed by atoms with van der Waals surface area (Å²) in [4.78, 5) is 2.38. The molecule has 14 heavy (non-hydrogen) atoms. The SMILES string of the molecule is CC(C)C1(F)CCN(C2COC2)CC1. The third-order valence-corrected chi connectivity index (χ3v) is 3.80. The lowest BCUT2D eigenvalue weighted by molar-refractivity contribution is -0.0903. The van der Waals surface area contributed by atoms with E-state index in [-0.39, 0.29) is 5.92 Å². The molecule has 3 heteroatoms. The molecule has 2 aliphatic heterocycles. The van der Waals surface area contributed by atoms with E-state index in [0.29, 0.717) is 18.9 Å². The van der Waals surface area contributed by atoms with E-state index in [1.54, 1.807) is 0 Å². The van der Waals surface area contributed by atoms with Crippen LogP contribution in [0.25, 0.3) is 0 Å². The molecule has 2 nitrogen and oxygen atoms in total. The highest BCUT2D eigenvalue weighted by molar-refractivity contribution is 4.91. The van der Waals surface area contributed by atoms with Crippen LogP contribution in [0.3, 0.4) is 0 Å². The topological polar surface area (TPSA) is 12.5 Å². The molecule has 2 saturated heterocycles. The van der Waals surface area contributed by atoms with Gasteiger partial charge < -0.3 is 4.74 Å². The fourth-order valence-electron chi connectivity index (χ4n) is 2.27. The Hall–Kier alpha value is -0.150. The number of nitrogens with zero attached hydrogens (tertiary/aromatic N) is 1. The van der Waals surface area contributed by atoms with Crippen LogP contribution in [0.5, 0.6) is 0 Å². The summed E-state index contributed by atoms with van der Waals surface area (Å²) in [6, 6.07) is 0.576. The molecule has 82 valence electrons. The Kier molecular flexibility index (Phi) is 2.80. The number of halogens is 1. The van der Waals surface area contributed by atoms with Crippen molar-refractivity contribution in [3.63, 3.8) is 0 Å². The van der Waals surface area contributed by atoms with E-state index < -0.39 is 5.67 Å². The van der Waals surface area contributed by atoms with Crippen LogP contribution in [-0.2, 0) is 4.74 Å². The van der Waals surface area contributed by atoms with Crippen molar-refractivity contribution in [3.05, 3.63) is 0 Å². The number of hydrogen-bond donors (Lipinski definition) is 0. The Balaban J connectivity index is 1.84. The second-order valence-corrected chi connectivity index (χ2v) is 4.92. The third-order valence-electron chi connectivity index (χ3n) is 3.80. The first-order valence-corrected chi connectivity index (χ1v) is 5.62. The first-order chi connectivity index (χ1) is 6.62. The van der Waals surface area contributed by atoms with E-state index in [1.165, 1.54) is 0 Å². The summed E-state index contributed by atoms with van der Waals surface area (Å²) >= 11 is 0. The molecule has 0 aromatic carbocycles. The molecule has 0 unspecified atom stereocenters. The highest BCUT2D eigenvalue weighted by Gasteiger charge is 2.40. The lowest BCUT2D eigenvalue weighted by Crippen LogP contribution is -2.55. The van der Waals surface area contributed by atoms with Gasteiger partial charge in [0.1, 0.15) is 5.67 Å². The Labute approximate surface area is 85.4 Å². The van der Waals surface area contributed by atoms with Gasteiger partial charge in [-0.25, -0.2) is 4.39 Å². The van der Waals surface area contributed by atoms with Gasteiger partial charge in [-0.2, -0.15) is 0 Å². The number of ether oxygens (including phenoxy) is 1. The smallest absolute Gasteiger partial charge is 0.115 e. The average Bonchev–Trinajstić information content (AvgIpc) is 2.06. The van der Waals surface area contributed by atoms with E-state index in [0.717, 1.165) is 26.3 Å². The highest BCUT2D eigenvalue weighted by atomic mass is 19.1. The summed E-state index contributed by atoms with van der Waals surface area (Å²) in [7, 11) is 0. The van der Waals surface area contributed by atoms with E-state index >= 15 is 0 Å². The summed E-state index contributed by atoms with van der Waals surface area (Å²) in [6.45, 7) is 7.48. The Morgan fingerprint density at radius 3 is 2.21 bits per heavy atom. The van der Waals surface area contributed by atoms with Crippen LogP contribution in [-0.4, -0.2) is 42.9 Å². The van der Waals surface area contributed by atoms with Crippen molar-refractivity contribution >= 4 is 0 Å². The molecule has 2 aliphatic rings. The Morgan fingerprint density at radius 2 is 1.86 bits per heavy atom. The molecule has 0 spiro atoms. The van der Waals surface area contributed by atoms with Crippen LogP contribution >= 0.6 is 0 Å². The molecule has 0 N–H and O–H groups in total. The van der Waals surface area contributed by atoms with E-state index in [9.17, 15) is 4.39 Å². The van der Waals surface area contributed by atoms with Crippen LogP contribution < -0.4 is 0 Å². The number of hydrogen-bond acceptors (Lipinski definition) is 2. The highest BCUT2D eigenvalue weighted by Crippen LogP contribution is 2.34. The van der Waals surface area contributed by atoms with Crippen molar-refractivity contribution in [1.29, 1.82) is 0 Å². The summed E-state index contributed by atoms with van der Waals surface area (Å²) < 4.78 is 19.3. The second-order valence-electron chi connectivity index (χ2n) is 4.92. The molecule has 0 aliphatic carbocycles. The molecule has 2 rings (SSSR count). The number of piperidine rings is 1. The standard InChI is InChI=1S/C11H20FNO/c1-9(2)11(12)3-5-13(6-4-11)10-7-14-8-10/h9-10H,3-8H2,1-2H3. The summed E-state index contributed by atoms with van der Waals surface area (Å²) in [5.74, 6) is 0.155. The maximum Gasteiger partial charge on any atom is 0.115 e. The van der Waals surface area contributed by atoms with Crippen LogP contribution in [0.2, 0.25) is 0 Å². The molecule has 2 heterocycles. The predicted octanol–water partition coefficient (Wildman–Crippen LogP) is 1.85. The molecule has 0 aromatic heterocycles. The Morgan fingerprint density at radius 1 is 1.29 bits per heavy atom. The van der Waals surface area contributed by atoms with Crippen LogP contribution in [0.15, 0.2) is 0 Å². The van der Waals surface area contributed by atoms with Crippen LogP contribution in [0.1, 0.15) is 26.7 Å². The van der Waals surface area contributed by atoms with Gasteiger partial charge in [0.2, 0.25) is 0 Å². The fraction of sp³-hybridized carbons (Fsp3) is 1.00. The minimum atomic E-state index is -0.916. The second kappa shape index (κ2) is 3.78.